The predicted molar refractivity (Wildman–Crippen MR) is 73.3 cm³/mol. The fourth-order valence-electron chi connectivity index (χ4n) is 1.52. The average Bonchev–Trinajstić information content (AvgIpc) is 2.46. The van der Waals surface area contributed by atoms with Crippen molar-refractivity contribution in [3.63, 3.8) is 0 Å². The molecule has 0 aliphatic carbocycles. The van der Waals surface area contributed by atoms with Crippen LogP contribution in [0.2, 0.25) is 0 Å². The molecule has 0 fully saturated rings. The second kappa shape index (κ2) is 6.70. The van der Waals surface area contributed by atoms with Gasteiger partial charge in [0.2, 0.25) is 5.88 Å². The number of nitrogens with one attached hydrogen (secondary N) is 1. The van der Waals surface area contributed by atoms with Crippen molar-refractivity contribution in [2.75, 3.05) is 11.9 Å². The van der Waals surface area contributed by atoms with E-state index in [9.17, 15) is 0 Å². The van der Waals surface area contributed by atoms with Crippen molar-refractivity contribution in [1.29, 1.82) is 0 Å². The third kappa shape index (κ3) is 3.93. The van der Waals surface area contributed by atoms with E-state index in [4.69, 9.17) is 9.84 Å². The van der Waals surface area contributed by atoms with Gasteiger partial charge in [0.15, 0.2) is 0 Å². The molecule has 100 valence electrons. The van der Waals surface area contributed by atoms with E-state index in [1.807, 2.05) is 12.1 Å². The van der Waals surface area contributed by atoms with Crippen LogP contribution in [-0.2, 0) is 6.61 Å². The number of aliphatic hydroxyl groups is 1. The third-order valence-corrected chi connectivity index (χ3v) is 2.50. The molecule has 0 atom stereocenters. The van der Waals surface area contributed by atoms with E-state index in [1.165, 1.54) is 0 Å². The molecule has 1 heterocycles. The van der Waals surface area contributed by atoms with E-state index in [-0.39, 0.29) is 6.61 Å². The first kappa shape index (κ1) is 13.3. The topological polar surface area (TPSA) is 67.3 Å². The third-order valence-electron chi connectivity index (χ3n) is 2.50. The van der Waals surface area contributed by atoms with Crippen molar-refractivity contribution < 1.29 is 9.84 Å². The van der Waals surface area contributed by atoms with Gasteiger partial charge in [0, 0.05) is 6.54 Å². The highest BCUT2D eigenvalue weighted by Crippen LogP contribution is 2.20. The average molecular weight is 259 g/mol. The maximum atomic E-state index is 8.97. The molecule has 0 bridgehead atoms. The fourth-order valence-corrected chi connectivity index (χ4v) is 1.52. The van der Waals surface area contributed by atoms with Crippen LogP contribution in [0.15, 0.2) is 36.7 Å². The first-order chi connectivity index (χ1) is 9.31. The minimum absolute atomic E-state index is 0.0243. The van der Waals surface area contributed by atoms with Gasteiger partial charge in [-0.05, 0) is 24.1 Å². The zero-order valence-corrected chi connectivity index (χ0v) is 10.8. The number of aliphatic hydroxyl groups excluding tert-OH is 1. The molecule has 5 nitrogen and oxygen atoms in total. The van der Waals surface area contributed by atoms with Crippen LogP contribution in [0, 0.1) is 0 Å². The van der Waals surface area contributed by atoms with Crippen molar-refractivity contribution in [3.8, 4) is 11.6 Å². The van der Waals surface area contributed by atoms with Gasteiger partial charge in [-0.25, -0.2) is 0 Å². The molecule has 5 heteroatoms. The molecule has 0 saturated carbocycles. The van der Waals surface area contributed by atoms with Crippen LogP contribution in [0.25, 0.3) is 0 Å². The van der Waals surface area contributed by atoms with Gasteiger partial charge < -0.3 is 15.2 Å². The largest absolute Gasteiger partial charge is 0.437 e. The van der Waals surface area contributed by atoms with Gasteiger partial charge >= 0.3 is 0 Å². The summed E-state index contributed by atoms with van der Waals surface area (Å²) in [6.07, 6.45) is 4.25. The summed E-state index contributed by atoms with van der Waals surface area (Å²) in [7, 11) is 0. The molecular weight excluding hydrogens is 242 g/mol. The zero-order chi connectivity index (χ0) is 13.5. The molecule has 19 heavy (non-hydrogen) atoms. The Hall–Kier alpha value is -2.14. The molecule has 1 aromatic carbocycles. The molecule has 1 aromatic heterocycles. The molecule has 0 saturated heterocycles. The van der Waals surface area contributed by atoms with Gasteiger partial charge in [0.25, 0.3) is 0 Å². The molecule has 0 aliphatic heterocycles. The molecule has 0 amide bonds. The standard InChI is InChI=1S/C14H17N3O2/c1-2-7-16-13-8-15-9-14(17-13)19-12-5-3-11(10-18)4-6-12/h3-6,8-9,18H,2,7,10H2,1H3,(H,16,17). The van der Waals surface area contributed by atoms with Crippen LogP contribution < -0.4 is 10.1 Å². The molecule has 2 N–H and O–H groups in total. The normalized spacial score (nSPS) is 10.2. The van der Waals surface area contributed by atoms with Crippen molar-refractivity contribution in [2.24, 2.45) is 0 Å². The summed E-state index contributed by atoms with van der Waals surface area (Å²) in [6, 6.07) is 7.20. The highest BCUT2D eigenvalue weighted by molar-refractivity contribution is 5.35. The Balaban J connectivity index is 2.05. The Morgan fingerprint density at radius 2 is 2.00 bits per heavy atom. The molecule has 0 aliphatic rings. The maximum absolute atomic E-state index is 8.97. The number of anilines is 1. The molecule has 2 aromatic rings. The summed E-state index contributed by atoms with van der Waals surface area (Å²) in [4.78, 5) is 8.38. The highest BCUT2D eigenvalue weighted by atomic mass is 16.5. The fraction of sp³-hybridized carbons (Fsp3) is 0.286. The lowest BCUT2D eigenvalue weighted by Gasteiger charge is -2.07. The van der Waals surface area contributed by atoms with E-state index < -0.39 is 0 Å². The number of rotatable bonds is 6. The number of benzene rings is 1. The number of ether oxygens (including phenoxy) is 1. The first-order valence-corrected chi connectivity index (χ1v) is 6.25. The molecule has 0 radical (unpaired) electrons. The lowest BCUT2D eigenvalue weighted by Crippen LogP contribution is -2.02. The molecular formula is C14H17N3O2. The van der Waals surface area contributed by atoms with Crippen molar-refractivity contribution in [1.82, 2.24) is 9.97 Å². The molecule has 2 rings (SSSR count). The van der Waals surface area contributed by atoms with Crippen LogP contribution >= 0.6 is 0 Å². The summed E-state index contributed by atoms with van der Waals surface area (Å²) in [5.41, 5.74) is 0.844. The second-order valence-electron chi connectivity index (χ2n) is 4.07. The number of hydrogen-bond donors (Lipinski definition) is 2. The van der Waals surface area contributed by atoms with Gasteiger partial charge in [0.05, 0.1) is 19.0 Å². The maximum Gasteiger partial charge on any atom is 0.239 e. The van der Waals surface area contributed by atoms with Crippen LogP contribution in [-0.4, -0.2) is 21.6 Å². The number of hydrogen-bond acceptors (Lipinski definition) is 5. The van der Waals surface area contributed by atoms with Gasteiger partial charge in [-0.15, -0.1) is 0 Å². The Labute approximate surface area is 112 Å². The number of aromatic nitrogens is 2. The lowest BCUT2D eigenvalue weighted by atomic mass is 10.2. The second-order valence-corrected chi connectivity index (χ2v) is 4.07. The van der Waals surface area contributed by atoms with Gasteiger partial charge in [0.1, 0.15) is 11.6 Å². The summed E-state index contributed by atoms with van der Waals surface area (Å²) in [6.45, 7) is 2.96. The van der Waals surface area contributed by atoms with Gasteiger partial charge in [-0.1, -0.05) is 19.1 Å². The SMILES string of the molecule is CCCNc1cncc(Oc2ccc(CO)cc2)n1. The molecule has 0 spiro atoms. The Morgan fingerprint density at radius 3 is 2.68 bits per heavy atom. The lowest BCUT2D eigenvalue weighted by molar-refractivity contribution is 0.281. The van der Waals surface area contributed by atoms with Crippen LogP contribution in [0.5, 0.6) is 11.6 Å². The first-order valence-electron chi connectivity index (χ1n) is 6.25. The Morgan fingerprint density at radius 1 is 1.21 bits per heavy atom. The summed E-state index contributed by atoms with van der Waals surface area (Å²) in [5, 5.41) is 12.1. The summed E-state index contributed by atoms with van der Waals surface area (Å²) >= 11 is 0. The van der Waals surface area contributed by atoms with Crippen molar-refractivity contribution >= 4 is 5.82 Å². The van der Waals surface area contributed by atoms with E-state index in [0.29, 0.717) is 17.4 Å². The van der Waals surface area contributed by atoms with Crippen LogP contribution in [0.1, 0.15) is 18.9 Å². The quantitative estimate of drug-likeness (QED) is 0.834. The van der Waals surface area contributed by atoms with Crippen molar-refractivity contribution in [3.05, 3.63) is 42.2 Å². The highest BCUT2D eigenvalue weighted by Gasteiger charge is 2.01. The van der Waals surface area contributed by atoms with E-state index in [0.717, 1.165) is 18.5 Å². The van der Waals surface area contributed by atoms with Crippen LogP contribution in [0.3, 0.4) is 0 Å². The smallest absolute Gasteiger partial charge is 0.239 e. The Kier molecular flexibility index (Phi) is 4.69. The summed E-state index contributed by atoms with van der Waals surface area (Å²) in [5.74, 6) is 1.81. The summed E-state index contributed by atoms with van der Waals surface area (Å²) < 4.78 is 5.60. The van der Waals surface area contributed by atoms with Gasteiger partial charge in [-0.2, -0.15) is 4.98 Å². The minimum Gasteiger partial charge on any atom is -0.437 e. The van der Waals surface area contributed by atoms with E-state index in [1.54, 1.807) is 24.5 Å². The predicted octanol–water partition coefficient (Wildman–Crippen LogP) is 2.58. The van der Waals surface area contributed by atoms with Crippen LogP contribution in [0.4, 0.5) is 5.82 Å². The molecule has 0 unspecified atom stereocenters. The number of nitrogens with zero attached hydrogens (tertiary/aromatic N) is 2. The monoisotopic (exact) mass is 259 g/mol. The zero-order valence-electron chi connectivity index (χ0n) is 10.8. The van der Waals surface area contributed by atoms with E-state index >= 15 is 0 Å². The van der Waals surface area contributed by atoms with Crippen molar-refractivity contribution in [2.45, 2.75) is 20.0 Å². The Bertz CT molecular complexity index is 514. The van der Waals surface area contributed by atoms with E-state index in [2.05, 4.69) is 22.2 Å². The minimum atomic E-state index is 0.0243. The van der Waals surface area contributed by atoms with Gasteiger partial charge in [-0.3, -0.25) is 4.98 Å².